The van der Waals surface area contributed by atoms with Crippen LogP contribution in [-0.4, -0.2) is 19.8 Å². The second-order valence-corrected chi connectivity index (χ2v) is 3.65. The first kappa shape index (κ1) is 12.1. The van der Waals surface area contributed by atoms with Crippen LogP contribution in [0.4, 0.5) is 5.69 Å². The highest BCUT2D eigenvalue weighted by atomic mass is 16.6. The van der Waals surface area contributed by atoms with Crippen molar-refractivity contribution in [1.82, 2.24) is 9.78 Å². The summed E-state index contributed by atoms with van der Waals surface area (Å²) in [6, 6.07) is 6.57. The van der Waals surface area contributed by atoms with Crippen LogP contribution in [0.15, 0.2) is 30.5 Å². The Bertz CT molecular complexity index is 562. The number of ether oxygens (including phenoxy) is 1. The van der Waals surface area contributed by atoms with Crippen LogP contribution in [0.25, 0.3) is 0 Å². The maximum Gasteiger partial charge on any atom is 0.350 e. The second-order valence-electron chi connectivity index (χ2n) is 3.65. The van der Waals surface area contributed by atoms with Gasteiger partial charge in [-0.15, -0.1) is 5.10 Å². The summed E-state index contributed by atoms with van der Waals surface area (Å²) in [4.78, 5) is 10.2. The first-order valence-corrected chi connectivity index (χ1v) is 5.16. The zero-order chi connectivity index (χ0) is 13.1. The predicted octanol–water partition coefficient (Wildman–Crippen LogP) is 1.61. The van der Waals surface area contributed by atoms with Gasteiger partial charge in [-0.25, -0.2) is 0 Å². The van der Waals surface area contributed by atoms with Gasteiger partial charge in [-0.1, -0.05) is 12.1 Å². The molecule has 0 atom stereocenters. The Hall–Kier alpha value is -2.41. The first-order valence-electron chi connectivity index (χ1n) is 5.16. The molecule has 0 aliphatic carbocycles. The lowest BCUT2D eigenvalue weighted by Gasteiger charge is -2.02. The average Bonchev–Trinajstić information content (AvgIpc) is 2.71. The molecule has 0 unspecified atom stereocenters. The number of aromatic nitrogens is 2. The van der Waals surface area contributed by atoms with E-state index in [1.54, 1.807) is 31.3 Å². The molecular weight excluding hydrogens is 238 g/mol. The van der Waals surface area contributed by atoms with E-state index in [1.165, 1.54) is 10.9 Å². The number of aliphatic hydroxyl groups is 1. The normalized spacial score (nSPS) is 10.3. The van der Waals surface area contributed by atoms with Gasteiger partial charge in [0.15, 0.2) is 0 Å². The Labute approximate surface area is 102 Å². The van der Waals surface area contributed by atoms with Crippen LogP contribution in [0.3, 0.4) is 0 Å². The topological polar surface area (TPSA) is 90.4 Å². The van der Waals surface area contributed by atoms with Crippen molar-refractivity contribution in [3.63, 3.8) is 0 Å². The molecule has 0 aliphatic rings. The van der Waals surface area contributed by atoms with Crippen molar-refractivity contribution in [2.24, 2.45) is 7.05 Å². The Morgan fingerprint density at radius 3 is 2.67 bits per heavy atom. The molecule has 0 amide bonds. The van der Waals surface area contributed by atoms with Crippen LogP contribution in [0.5, 0.6) is 11.6 Å². The number of nitro groups is 1. The Morgan fingerprint density at radius 1 is 1.44 bits per heavy atom. The molecule has 2 rings (SSSR count). The van der Waals surface area contributed by atoms with Crippen molar-refractivity contribution < 1.29 is 14.8 Å². The summed E-state index contributed by atoms with van der Waals surface area (Å²) in [5, 5.41) is 23.5. The van der Waals surface area contributed by atoms with Gasteiger partial charge in [0, 0.05) is 7.05 Å². The predicted molar refractivity (Wildman–Crippen MR) is 62.3 cm³/mol. The number of rotatable bonds is 4. The van der Waals surface area contributed by atoms with Gasteiger partial charge < -0.3 is 9.84 Å². The molecule has 94 valence electrons. The summed E-state index contributed by atoms with van der Waals surface area (Å²) in [7, 11) is 1.58. The minimum Gasteiger partial charge on any atom is -0.433 e. The van der Waals surface area contributed by atoms with Gasteiger partial charge in [-0.05, 0) is 17.7 Å². The second kappa shape index (κ2) is 4.84. The number of hydrogen-bond donors (Lipinski definition) is 1. The molecule has 7 heteroatoms. The molecule has 7 nitrogen and oxygen atoms in total. The van der Waals surface area contributed by atoms with E-state index in [-0.39, 0.29) is 18.2 Å². The smallest absolute Gasteiger partial charge is 0.350 e. The molecule has 2 aromatic rings. The van der Waals surface area contributed by atoms with Crippen molar-refractivity contribution in [2.45, 2.75) is 6.61 Å². The average molecular weight is 249 g/mol. The number of aliphatic hydroxyl groups excluding tert-OH is 1. The van der Waals surface area contributed by atoms with Crippen molar-refractivity contribution in [3.8, 4) is 11.6 Å². The standard InChI is InChI=1S/C11H11N3O4/c1-13-6-10(14(16)17)11(12-13)18-9-4-2-8(7-15)3-5-9/h2-6,15H,7H2,1H3. The summed E-state index contributed by atoms with van der Waals surface area (Å²) in [5.74, 6) is 0.369. The van der Waals surface area contributed by atoms with Gasteiger partial charge in [0.2, 0.25) is 0 Å². The van der Waals surface area contributed by atoms with E-state index in [1.807, 2.05) is 0 Å². The molecule has 1 aromatic heterocycles. The largest absolute Gasteiger partial charge is 0.433 e. The molecule has 0 bridgehead atoms. The number of aryl methyl sites for hydroxylation is 1. The van der Waals surface area contributed by atoms with Crippen LogP contribution in [0, 0.1) is 10.1 Å². The highest BCUT2D eigenvalue weighted by Crippen LogP contribution is 2.29. The fourth-order valence-corrected chi connectivity index (χ4v) is 1.43. The molecular formula is C11H11N3O4. The lowest BCUT2D eigenvalue weighted by Crippen LogP contribution is -1.92. The first-order chi connectivity index (χ1) is 8.60. The summed E-state index contributed by atoms with van der Waals surface area (Å²) in [5.41, 5.74) is 0.543. The van der Waals surface area contributed by atoms with Crippen LogP contribution < -0.4 is 4.74 Å². The zero-order valence-corrected chi connectivity index (χ0v) is 9.61. The van der Waals surface area contributed by atoms with Gasteiger partial charge in [0.1, 0.15) is 11.9 Å². The molecule has 0 aliphatic heterocycles. The monoisotopic (exact) mass is 249 g/mol. The minimum atomic E-state index is -0.551. The molecule has 0 saturated heterocycles. The quantitative estimate of drug-likeness (QED) is 0.656. The molecule has 18 heavy (non-hydrogen) atoms. The lowest BCUT2D eigenvalue weighted by molar-refractivity contribution is -0.385. The van der Waals surface area contributed by atoms with Gasteiger partial charge in [0.25, 0.3) is 0 Å². The number of hydrogen-bond acceptors (Lipinski definition) is 5. The number of benzene rings is 1. The molecule has 0 radical (unpaired) electrons. The van der Waals surface area contributed by atoms with Gasteiger partial charge >= 0.3 is 11.6 Å². The van der Waals surface area contributed by atoms with E-state index in [4.69, 9.17) is 9.84 Å². The zero-order valence-electron chi connectivity index (χ0n) is 9.61. The fourth-order valence-electron chi connectivity index (χ4n) is 1.43. The Balaban J connectivity index is 2.25. The van der Waals surface area contributed by atoms with E-state index in [2.05, 4.69) is 5.10 Å². The molecule has 0 spiro atoms. The maximum absolute atomic E-state index is 10.8. The summed E-state index contributed by atoms with van der Waals surface area (Å²) in [6.07, 6.45) is 1.28. The highest BCUT2D eigenvalue weighted by Gasteiger charge is 2.20. The minimum absolute atomic E-state index is 0.0563. The van der Waals surface area contributed by atoms with Gasteiger partial charge in [0.05, 0.1) is 11.5 Å². The SMILES string of the molecule is Cn1cc([N+](=O)[O-])c(Oc2ccc(CO)cc2)n1. The molecule has 0 saturated carbocycles. The summed E-state index contributed by atoms with van der Waals surface area (Å²) >= 11 is 0. The molecule has 1 aromatic carbocycles. The van der Waals surface area contributed by atoms with Crippen LogP contribution >= 0.6 is 0 Å². The van der Waals surface area contributed by atoms with E-state index >= 15 is 0 Å². The van der Waals surface area contributed by atoms with Crippen molar-refractivity contribution in [1.29, 1.82) is 0 Å². The Morgan fingerprint density at radius 2 is 2.11 bits per heavy atom. The van der Waals surface area contributed by atoms with Gasteiger partial charge in [-0.2, -0.15) is 0 Å². The van der Waals surface area contributed by atoms with Crippen molar-refractivity contribution in [3.05, 3.63) is 46.1 Å². The molecule has 1 N–H and O–H groups in total. The van der Waals surface area contributed by atoms with E-state index in [9.17, 15) is 10.1 Å². The highest BCUT2D eigenvalue weighted by molar-refractivity contribution is 5.41. The number of nitrogens with zero attached hydrogens (tertiary/aromatic N) is 3. The molecule has 0 fully saturated rings. The maximum atomic E-state index is 10.8. The van der Waals surface area contributed by atoms with Crippen molar-refractivity contribution in [2.75, 3.05) is 0 Å². The van der Waals surface area contributed by atoms with E-state index in [0.717, 1.165) is 5.56 Å². The third-order valence-electron chi connectivity index (χ3n) is 2.29. The van der Waals surface area contributed by atoms with E-state index in [0.29, 0.717) is 5.75 Å². The fraction of sp³-hybridized carbons (Fsp3) is 0.182. The van der Waals surface area contributed by atoms with E-state index < -0.39 is 4.92 Å². The Kier molecular flexibility index (Phi) is 3.24. The molecule has 1 heterocycles. The summed E-state index contributed by atoms with van der Waals surface area (Å²) in [6.45, 7) is -0.0655. The van der Waals surface area contributed by atoms with Crippen molar-refractivity contribution >= 4 is 5.69 Å². The summed E-state index contributed by atoms with van der Waals surface area (Å²) < 4.78 is 6.65. The third kappa shape index (κ3) is 2.46. The van der Waals surface area contributed by atoms with Crippen LogP contribution in [0.2, 0.25) is 0 Å². The van der Waals surface area contributed by atoms with Crippen LogP contribution in [0.1, 0.15) is 5.56 Å². The van der Waals surface area contributed by atoms with Gasteiger partial charge in [-0.3, -0.25) is 14.8 Å². The lowest BCUT2D eigenvalue weighted by atomic mass is 10.2. The van der Waals surface area contributed by atoms with Crippen LogP contribution in [-0.2, 0) is 13.7 Å². The third-order valence-corrected chi connectivity index (χ3v) is 2.29.